The van der Waals surface area contributed by atoms with Gasteiger partial charge in [0, 0.05) is 12.6 Å². The zero-order valence-corrected chi connectivity index (χ0v) is 18.0. The third kappa shape index (κ3) is 4.61. The molecule has 1 atom stereocenters. The van der Waals surface area contributed by atoms with Gasteiger partial charge in [-0.05, 0) is 31.2 Å². The maximum absolute atomic E-state index is 13.1. The summed E-state index contributed by atoms with van der Waals surface area (Å²) in [6, 6.07) is 17.7. The van der Waals surface area contributed by atoms with E-state index in [9.17, 15) is 9.59 Å². The van der Waals surface area contributed by atoms with E-state index >= 15 is 0 Å². The first-order chi connectivity index (χ1) is 13.7. The van der Waals surface area contributed by atoms with Crippen molar-refractivity contribution in [2.75, 3.05) is 5.32 Å². The number of benzene rings is 2. The molecule has 3 rings (SSSR count). The molecular weight excluding hydrogens is 435 g/mol. The van der Waals surface area contributed by atoms with Crippen LogP contribution in [-0.4, -0.2) is 25.2 Å². The predicted octanol–water partition coefficient (Wildman–Crippen LogP) is 4.02. The number of rotatable bonds is 5. The molecule has 0 fully saturated rings. The number of hydrogen-bond donors (Lipinski definition) is 2. The van der Waals surface area contributed by atoms with E-state index in [-0.39, 0.29) is 11.2 Å². The van der Waals surface area contributed by atoms with Gasteiger partial charge >= 0.3 is 0 Å². The number of para-hydroxylation sites is 1. The van der Waals surface area contributed by atoms with E-state index in [0.29, 0.717) is 16.9 Å². The fourth-order valence-electron chi connectivity index (χ4n) is 2.88. The molecule has 0 aliphatic heterocycles. The van der Waals surface area contributed by atoms with E-state index in [1.54, 1.807) is 49.0 Å². The van der Waals surface area contributed by atoms with Gasteiger partial charge in [-0.1, -0.05) is 71.2 Å². The Morgan fingerprint density at radius 3 is 2.10 bits per heavy atom. The quantitative estimate of drug-likeness (QED) is 0.453. The molecule has 0 aliphatic carbocycles. The van der Waals surface area contributed by atoms with E-state index < -0.39 is 15.9 Å². The molecule has 1 heterocycles. The average Bonchev–Trinajstić information content (AvgIpc) is 2.91. The van der Waals surface area contributed by atoms with Crippen molar-refractivity contribution in [3.63, 3.8) is 0 Å². The second kappa shape index (κ2) is 8.53. The summed E-state index contributed by atoms with van der Waals surface area (Å²) in [5.74, 6) is -0.439. The molecular formula is C20H19Cl3N4O2. The van der Waals surface area contributed by atoms with E-state index in [2.05, 4.69) is 10.6 Å². The van der Waals surface area contributed by atoms with Gasteiger partial charge in [0.15, 0.2) is 0 Å². The number of carbonyl (C=O) groups is 1. The normalized spacial score (nSPS) is 12.4. The lowest BCUT2D eigenvalue weighted by atomic mass is 10.2. The van der Waals surface area contributed by atoms with Crippen LogP contribution in [0.25, 0.3) is 5.69 Å². The Bertz CT molecular complexity index is 1060. The molecule has 0 bridgehead atoms. The summed E-state index contributed by atoms with van der Waals surface area (Å²) in [5.41, 5.74) is 1.60. The number of aromatic nitrogens is 2. The van der Waals surface area contributed by atoms with Gasteiger partial charge < -0.3 is 10.6 Å². The summed E-state index contributed by atoms with van der Waals surface area (Å²) >= 11 is 18.3. The highest BCUT2D eigenvalue weighted by Crippen LogP contribution is 2.31. The van der Waals surface area contributed by atoms with E-state index in [1.807, 2.05) is 30.3 Å². The van der Waals surface area contributed by atoms with Crippen molar-refractivity contribution in [2.24, 2.45) is 7.05 Å². The lowest BCUT2D eigenvalue weighted by Gasteiger charge is -2.27. The smallest absolute Gasteiger partial charge is 0.295 e. The van der Waals surface area contributed by atoms with Crippen LogP contribution in [0.1, 0.15) is 16.1 Å². The van der Waals surface area contributed by atoms with E-state index in [0.717, 1.165) is 0 Å². The minimum Gasteiger partial charge on any atom is -0.356 e. The average molecular weight is 454 g/mol. The SMILES string of the molecule is Cc1c(N[C@H](NC(=O)c2ccccc2)C(Cl)(Cl)Cl)c(=O)n(-c2ccccc2)n1C. The maximum atomic E-state index is 13.1. The van der Waals surface area contributed by atoms with E-state index in [1.165, 1.54) is 4.68 Å². The fraction of sp³-hybridized carbons (Fsp3) is 0.200. The highest BCUT2D eigenvalue weighted by molar-refractivity contribution is 6.68. The summed E-state index contributed by atoms with van der Waals surface area (Å²) < 4.78 is 1.28. The molecule has 0 saturated heterocycles. The molecule has 0 radical (unpaired) electrons. The number of amides is 1. The minimum atomic E-state index is -1.91. The first-order valence-electron chi connectivity index (χ1n) is 8.73. The molecule has 0 aliphatic rings. The standard InChI is InChI=1S/C20H19Cl3N4O2/c1-13-16(18(29)27(26(13)2)15-11-7-4-8-12-15)24-19(20(21,22)23)25-17(28)14-9-5-3-6-10-14/h3-12,19,24H,1-2H3,(H,25,28)/t19-/m1/s1. The predicted molar refractivity (Wildman–Crippen MR) is 117 cm³/mol. The minimum absolute atomic E-state index is 0.223. The topological polar surface area (TPSA) is 68.1 Å². The van der Waals surface area contributed by atoms with Crippen molar-refractivity contribution in [3.05, 3.63) is 82.3 Å². The van der Waals surface area contributed by atoms with Gasteiger partial charge in [-0.2, -0.15) is 0 Å². The Labute approximate surface area is 183 Å². The van der Waals surface area contributed by atoms with Crippen LogP contribution in [0.2, 0.25) is 0 Å². The zero-order valence-electron chi connectivity index (χ0n) is 15.7. The van der Waals surface area contributed by atoms with Gasteiger partial charge in [0.25, 0.3) is 11.5 Å². The molecule has 3 aromatic rings. The molecule has 2 aromatic carbocycles. The molecule has 29 heavy (non-hydrogen) atoms. The largest absolute Gasteiger partial charge is 0.356 e. The van der Waals surface area contributed by atoms with Crippen LogP contribution in [-0.2, 0) is 7.05 Å². The molecule has 0 spiro atoms. The summed E-state index contributed by atoms with van der Waals surface area (Å²) in [6.07, 6.45) is -1.14. The fourth-order valence-corrected chi connectivity index (χ4v) is 3.21. The number of anilines is 1. The Kier molecular flexibility index (Phi) is 6.27. The maximum Gasteiger partial charge on any atom is 0.295 e. The zero-order chi connectivity index (χ0) is 21.2. The summed E-state index contributed by atoms with van der Waals surface area (Å²) in [5, 5.41) is 5.55. The number of carbonyl (C=O) groups excluding carboxylic acids is 1. The third-order valence-electron chi connectivity index (χ3n) is 4.48. The van der Waals surface area contributed by atoms with Crippen molar-refractivity contribution < 1.29 is 4.79 Å². The van der Waals surface area contributed by atoms with Crippen molar-refractivity contribution in [3.8, 4) is 5.69 Å². The summed E-state index contributed by atoms with van der Waals surface area (Å²) in [6.45, 7) is 1.76. The second-order valence-electron chi connectivity index (χ2n) is 6.39. The first-order valence-corrected chi connectivity index (χ1v) is 9.86. The van der Waals surface area contributed by atoms with Gasteiger partial charge in [-0.15, -0.1) is 0 Å². The van der Waals surface area contributed by atoms with Crippen LogP contribution in [0.15, 0.2) is 65.5 Å². The van der Waals surface area contributed by atoms with Crippen LogP contribution >= 0.6 is 34.8 Å². The lowest BCUT2D eigenvalue weighted by molar-refractivity contribution is 0.0942. The number of alkyl halides is 3. The molecule has 152 valence electrons. The molecule has 0 unspecified atom stereocenters. The molecule has 2 N–H and O–H groups in total. The third-order valence-corrected chi connectivity index (χ3v) is 5.14. The lowest BCUT2D eigenvalue weighted by Crippen LogP contribution is -2.49. The second-order valence-corrected chi connectivity index (χ2v) is 8.76. The number of nitrogens with zero attached hydrogens (tertiary/aromatic N) is 2. The molecule has 9 heteroatoms. The Hall–Kier alpha value is -2.41. The van der Waals surface area contributed by atoms with Gasteiger partial charge in [-0.25, -0.2) is 4.68 Å². The van der Waals surface area contributed by atoms with Gasteiger partial charge in [0.05, 0.1) is 11.4 Å². The Balaban J connectivity index is 1.95. The molecule has 0 saturated carbocycles. The van der Waals surface area contributed by atoms with Gasteiger partial charge in [0.1, 0.15) is 11.9 Å². The Morgan fingerprint density at radius 1 is 1.00 bits per heavy atom. The van der Waals surface area contributed by atoms with Gasteiger partial charge in [-0.3, -0.25) is 14.3 Å². The van der Waals surface area contributed by atoms with Gasteiger partial charge in [0.2, 0.25) is 3.79 Å². The molecule has 1 amide bonds. The van der Waals surface area contributed by atoms with Crippen LogP contribution in [0.5, 0.6) is 0 Å². The Morgan fingerprint density at radius 2 is 1.55 bits per heavy atom. The number of nitrogens with one attached hydrogen (secondary N) is 2. The van der Waals surface area contributed by atoms with Crippen molar-refractivity contribution in [2.45, 2.75) is 16.9 Å². The molecule has 1 aromatic heterocycles. The number of hydrogen-bond acceptors (Lipinski definition) is 3. The van der Waals surface area contributed by atoms with Crippen molar-refractivity contribution >= 4 is 46.4 Å². The highest BCUT2D eigenvalue weighted by Gasteiger charge is 2.36. The summed E-state index contributed by atoms with van der Waals surface area (Å²) in [4.78, 5) is 25.6. The first kappa shape index (κ1) is 21.3. The van der Waals surface area contributed by atoms with Crippen LogP contribution < -0.4 is 16.2 Å². The van der Waals surface area contributed by atoms with E-state index in [4.69, 9.17) is 34.8 Å². The molecule has 6 nitrogen and oxygen atoms in total. The highest BCUT2D eigenvalue weighted by atomic mass is 35.6. The monoisotopic (exact) mass is 452 g/mol. The van der Waals surface area contributed by atoms with Crippen LogP contribution in [0, 0.1) is 6.92 Å². The number of halogens is 3. The van der Waals surface area contributed by atoms with Crippen molar-refractivity contribution in [1.82, 2.24) is 14.7 Å². The van der Waals surface area contributed by atoms with Crippen molar-refractivity contribution in [1.29, 1.82) is 0 Å². The van der Waals surface area contributed by atoms with Crippen LogP contribution in [0.3, 0.4) is 0 Å². The summed E-state index contributed by atoms with van der Waals surface area (Å²) in [7, 11) is 1.75. The van der Waals surface area contributed by atoms with Crippen LogP contribution in [0.4, 0.5) is 5.69 Å².